The number of nitrogens with one attached hydrogen (secondary N) is 1. The van der Waals surface area contributed by atoms with E-state index in [0.717, 1.165) is 50.1 Å². The Morgan fingerprint density at radius 2 is 1.29 bits per heavy atom. The number of nitrogens with zero attached hydrogens (tertiary/aromatic N) is 4. The lowest BCUT2D eigenvalue weighted by atomic mass is 9.98. The predicted octanol–water partition coefficient (Wildman–Crippen LogP) is 6.00. The lowest BCUT2D eigenvalue weighted by molar-refractivity contribution is -0.122. The maximum atomic E-state index is 12.7. The van der Waals surface area contributed by atoms with Crippen LogP contribution in [0.15, 0.2) is 65.5 Å². The van der Waals surface area contributed by atoms with Crippen molar-refractivity contribution in [2.75, 3.05) is 38.1 Å². The number of hydrogen-bond acceptors (Lipinski definition) is 10. The molecule has 1 aliphatic rings. The summed E-state index contributed by atoms with van der Waals surface area (Å²) in [4.78, 5) is 44.5. The molecular weight excluding hydrogens is 664 g/mol. The third-order valence-corrected chi connectivity index (χ3v) is 7.27. The molecule has 0 aliphatic carbocycles. The number of anilines is 1. The van der Waals surface area contributed by atoms with Crippen molar-refractivity contribution in [2.24, 2.45) is 5.73 Å². The molecule has 1 saturated heterocycles. The van der Waals surface area contributed by atoms with Gasteiger partial charge >= 0.3 is 5.69 Å². The molecule has 0 spiro atoms. The molecule has 1 fully saturated rings. The first-order valence-electron chi connectivity index (χ1n) is 17.5. The third kappa shape index (κ3) is 14.5. The highest BCUT2D eigenvalue weighted by atomic mass is 16.3. The van der Waals surface area contributed by atoms with E-state index in [1.165, 1.54) is 23.4 Å². The molecule has 13 nitrogen and oxygen atoms in total. The molecule has 0 amide bonds. The topological polar surface area (TPSA) is 195 Å². The van der Waals surface area contributed by atoms with Gasteiger partial charge in [-0.1, -0.05) is 79.7 Å². The first-order valence-corrected chi connectivity index (χ1v) is 17.5. The summed E-state index contributed by atoms with van der Waals surface area (Å²) < 4.78 is 1.43. The molecule has 1 aromatic heterocycles. The number of carbonyl (C=O) groups excluding carboxylic acids is 2. The molecule has 4 aromatic rings. The number of aromatic hydroxyl groups is 2. The van der Waals surface area contributed by atoms with Crippen LogP contribution in [0.4, 0.5) is 5.69 Å². The van der Waals surface area contributed by atoms with Gasteiger partial charge in [0.25, 0.3) is 6.47 Å². The second kappa shape index (κ2) is 28.4. The van der Waals surface area contributed by atoms with Crippen molar-refractivity contribution in [3.05, 3.63) is 87.8 Å². The van der Waals surface area contributed by atoms with Crippen molar-refractivity contribution < 1.29 is 29.7 Å². The van der Waals surface area contributed by atoms with Gasteiger partial charge in [-0.05, 0) is 60.0 Å². The summed E-state index contributed by atoms with van der Waals surface area (Å²) in [7, 11) is 1.50. The van der Waals surface area contributed by atoms with E-state index < -0.39 is 5.69 Å². The molecule has 0 unspecified atom stereocenters. The lowest BCUT2D eigenvalue weighted by Crippen LogP contribution is -2.45. The van der Waals surface area contributed by atoms with Gasteiger partial charge in [-0.25, -0.2) is 14.5 Å². The molecular formula is C39H60N6O7. The summed E-state index contributed by atoms with van der Waals surface area (Å²) >= 11 is 0. The average molecular weight is 725 g/mol. The summed E-state index contributed by atoms with van der Waals surface area (Å²) in [5.41, 5.74) is 9.10. The van der Waals surface area contributed by atoms with Crippen LogP contribution in [0, 0.1) is 0 Å². The Morgan fingerprint density at radius 3 is 1.77 bits per heavy atom. The Bertz CT molecular complexity index is 1580. The minimum atomic E-state index is -0.411. The van der Waals surface area contributed by atoms with Crippen molar-refractivity contribution in [3.63, 3.8) is 0 Å². The minimum Gasteiger partial charge on any atom is -0.508 e. The number of rotatable bonds is 8. The number of aldehydes is 1. The van der Waals surface area contributed by atoms with Crippen molar-refractivity contribution in [3.8, 4) is 28.6 Å². The second-order valence-electron chi connectivity index (χ2n) is 10.3. The summed E-state index contributed by atoms with van der Waals surface area (Å²) in [5, 5.41) is 34.3. The quantitative estimate of drug-likeness (QED) is 0.134. The minimum absolute atomic E-state index is 0.00775. The zero-order valence-corrected chi connectivity index (χ0v) is 32.3. The molecule has 52 heavy (non-hydrogen) atoms. The maximum Gasteiger partial charge on any atom is 0.348 e. The number of carboxylic acid groups (broad SMARTS) is 1. The van der Waals surface area contributed by atoms with Crippen LogP contribution in [0.2, 0.25) is 0 Å². The molecule has 2 heterocycles. The molecule has 6 N–H and O–H groups in total. The lowest BCUT2D eigenvalue weighted by Gasteiger charge is -2.36. The number of carbonyl (C=O) groups is 3. The van der Waals surface area contributed by atoms with Crippen LogP contribution < -0.4 is 16.3 Å². The number of nitrogens with two attached hydrogens (primary N) is 1. The van der Waals surface area contributed by atoms with Gasteiger partial charge in [-0.2, -0.15) is 5.10 Å². The Kier molecular flexibility index (Phi) is 26.7. The highest BCUT2D eigenvalue weighted by Gasteiger charge is 2.20. The molecule has 5 rings (SSSR count). The molecule has 288 valence electrons. The molecule has 0 bridgehead atoms. The molecule has 3 aromatic carbocycles. The number of aromatic amines is 1. The van der Waals surface area contributed by atoms with E-state index in [2.05, 4.69) is 37.9 Å². The van der Waals surface area contributed by atoms with Crippen LogP contribution in [0.1, 0.15) is 78.0 Å². The van der Waals surface area contributed by atoms with Gasteiger partial charge in [-0.15, -0.1) is 0 Å². The first-order chi connectivity index (χ1) is 25.2. The number of H-pyrrole nitrogens is 1. The molecule has 0 radical (unpaired) electrons. The van der Waals surface area contributed by atoms with Gasteiger partial charge in [0.1, 0.15) is 24.6 Å². The zero-order valence-electron chi connectivity index (χ0n) is 32.3. The van der Waals surface area contributed by atoms with Gasteiger partial charge in [0.2, 0.25) is 0 Å². The van der Waals surface area contributed by atoms with E-state index in [1.807, 2.05) is 98.6 Å². The summed E-state index contributed by atoms with van der Waals surface area (Å²) in [6.45, 7) is 22.2. The van der Waals surface area contributed by atoms with E-state index >= 15 is 0 Å². The number of phenolic OH excluding ortho intramolecular Hbond substituents is 2. The molecule has 0 atom stereocenters. The molecule has 13 heteroatoms. The molecule has 1 aliphatic heterocycles. The summed E-state index contributed by atoms with van der Waals surface area (Å²) in [6, 6.07) is 18.9. The number of piperazine rings is 1. The van der Waals surface area contributed by atoms with E-state index in [1.54, 1.807) is 6.07 Å². The number of benzene rings is 3. The van der Waals surface area contributed by atoms with Crippen molar-refractivity contribution in [1.29, 1.82) is 0 Å². The fraction of sp³-hybridized carbons (Fsp3) is 0.410. The van der Waals surface area contributed by atoms with Gasteiger partial charge < -0.3 is 35.5 Å². The smallest absolute Gasteiger partial charge is 0.348 e. The number of hydrogen-bond donors (Lipinski definition) is 5. The zero-order chi connectivity index (χ0) is 40.2. The van der Waals surface area contributed by atoms with E-state index in [0.29, 0.717) is 23.2 Å². The summed E-state index contributed by atoms with van der Waals surface area (Å²) in [5.74, 6) is 0.166. The van der Waals surface area contributed by atoms with Gasteiger partial charge in [0.05, 0.1) is 11.3 Å². The van der Waals surface area contributed by atoms with Crippen LogP contribution in [0.5, 0.6) is 11.5 Å². The standard InChI is InChI=1S/C30H33N5O4.3C2H6.CH5N.CH2O2.CH2O/c1-20(2)25-17-26(28(38)18-27(25)37)29-31-32-30(39)35(29)24-9-5-22(6-10-24)19-33-12-14-34(15-13-33)23-7-3-21(4-8-23)11-16-36;4*1-2;2-1-3;1-2/h3-10,16-18,20,37-38H,11-15,19H2,1-2H3,(H,32,39);3*1-2H3;2H2,1H3;1H,(H,2,3);1H2. The normalized spacial score (nSPS) is 11.4. The Morgan fingerprint density at radius 1 is 0.808 bits per heavy atom. The number of phenols is 2. The predicted molar refractivity (Wildman–Crippen MR) is 211 cm³/mol. The van der Waals surface area contributed by atoms with E-state index in [9.17, 15) is 19.8 Å². The van der Waals surface area contributed by atoms with Crippen LogP contribution in [-0.2, 0) is 27.3 Å². The Labute approximate surface area is 308 Å². The van der Waals surface area contributed by atoms with Crippen LogP contribution in [0.3, 0.4) is 0 Å². The fourth-order valence-corrected chi connectivity index (χ4v) is 5.06. The Hall–Kier alpha value is -5.27. The van der Waals surface area contributed by atoms with Crippen LogP contribution in [-0.4, -0.2) is 87.8 Å². The van der Waals surface area contributed by atoms with Gasteiger partial charge in [0, 0.05) is 50.9 Å². The maximum absolute atomic E-state index is 12.7. The fourth-order valence-electron chi connectivity index (χ4n) is 5.06. The monoisotopic (exact) mass is 724 g/mol. The van der Waals surface area contributed by atoms with Gasteiger partial charge in [0.15, 0.2) is 5.82 Å². The first kappa shape index (κ1) is 48.8. The Balaban J connectivity index is 0. The number of aromatic nitrogens is 3. The van der Waals surface area contributed by atoms with Crippen LogP contribution in [0.25, 0.3) is 17.1 Å². The van der Waals surface area contributed by atoms with E-state index in [4.69, 9.17) is 14.7 Å². The average Bonchev–Trinajstić information content (AvgIpc) is 3.57. The summed E-state index contributed by atoms with van der Waals surface area (Å²) in [6.07, 6.45) is 1.37. The SMILES string of the molecule is C=O.CC.CC.CC.CC(C)c1cc(-c2n[nH]c(=O)n2-c2ccc(CN3CCN(c4ccc(CC=O)cc4)CC3)cc2)c(O)cc1O.CN.O=CO. The van der Waals surface area contributed by atoms with Crippen LogP contribution >= 0.6 is 0 Å². The third-order valence-electron chi connectivity index (χ3n) is 7.27. The van der Waals surface area contributed by atoms with Crippen molar-refractivity contribution in [1.82, 2.24) is 19.7 Å². The highest BCUT2D eigenvalue weighted by molar-refractivity contribution is 5.69. The second-order valence-corrected chi connectivity index (χ2v) is 10.3. The van der Waals surface area contributed by atoms with E-state index in [-0.39, 0.29) is 29.7 Å². The molecule has 0 saturated carbocycles. The highest BCUT2D eigenvalue weighted by Crippen LogP contribution is 2.37. The van der Waals surface area contributed by atoms with Crippen molar-refractivity contribution >= 4 is 25.2 Å². The largest absolute Gasteiger partial charge is 0.508 e. The van der Waals surface area contributed by atoms with Gasteiger partial charge in [-0.3, -0.25) is 9.69 Å². The van der Waals surface area contributed by atoms with Crippen molar-refractivity contribution in [2.45, 2.75) is 74.3 Å².